The van der Waals surface area contributed by atoms with Crippen molar-refractivity contribution < 1.29 is 27.4 Å². The van der Waals surface area contributed by atoms with E-state index in [0.717, 1.165) is 44.2 Å². The number of rotatable bonds is 12. The van der Waals surface area contributed by atoms with Crippen LogP contribution < -0.4 is 9.64 Å². The molecule has 0 saturated carbocycles. The number of carbonyl (C=O) groups is 1. The van der Waals surface area contributed by atoms with Crippen molar-refractivity contribution in [2.45, 2.75) is 63.0 Å². The second kappa shape index (κ2) is 12.3. The molecule has 2 aromatic carbocycles. The minimum atomic E-state index is -3.68. The van der Waals surface area contributed by atoms with Crippen molar-refractivity contribution in [2.75, 3.05) is 30.1 Å². The summed E-state index contributed by atoms with van der Waals surface area (Å²) in [6, 6.07) is 9.53. The largest absolute Gasteiger partial charge is 0.496 e. The maximum atomic E-state index is 14.0. The molecule has 0 amide bonds. The lowest BCUT2D eigenvalue weighted by atomic mass is 9.79. The van der Waals surface area contributed by atoms with Crippen molar-refractivity contribution in [1.29, 1.82) is 0 Å². The van der Waals surface area contributed by atoms with E-state index in [0.29, 0.717) is 29.3 Å². The molecule has 0 spiro atoms. The van der Waals surface area contributed by atoms with Gasteiger partial charge >= 0.3 is 5.97 Å². The van der Waals surface area contributed by atoms with Crippen LogP contribution in [0.5, 0.6) is 5.75 Å². The Labute approximate surface area is 218 Å². The normalized spacial score (nSPS) is 16.3. The molecule has 1 aliphatic rings. The van der Waals surface area contributed by atoms with Crippen LogP contribution in [0.3, 0.4) is 0 Å². The molecular formula is C27H36FNO5S2. The second-order valence-electron chi connectivity index (χ2n) is 9.55. The summed E-state index contributed by atoms with van der Waals surface area (Å²) in [5, 5.41) is 9.03. The molecule has 1 heterocycles. The fourth-order valence-electron chi connectivity index (χ4n) is 4.93. The average Bonchev–Trinajstić information content (AvgIpc) is 2.93. The Morgan fingerprint density at radius 3 is 2.33 bits per heavy atom. The van der Waals surface area contributed by atoms with Crippen molar-refractivity contribution in [3.8, 4) is 5.75 Å². The van der Waals surface area contributed by atoms with E-state index in [9.17, 15) is 17.6 Å². The van der Waals surface area contributed by atoms with Gasteiger partial charge in [-0.05, 0) is 43.2 Å². The quantitative estimate of drug-likeness (QED) is 0.333. The van der Waals surface area contributed by atoms with Gasteiger partial charge in [0.15, 0.2) is 9.84 Å². The lowest BCUT2D eigenvalue weighted by Gasteiger charge is -2.37. The number of fused-ring (bicyclic) bond motifs is 1. The third-order valence-electron chi connectivity index (χ3n) is 6.72. The van der Waals surface area contributed by atoms with Crippen LogP contribution in [0.4, 0.5) is 15.8 Å². The molecule has 36 heavy (non-hydrogen) atoms. The summed E-state index contributed by atoms with van der Waals surface area (Å²) in [6.07, 6.45) is 5.35. The molecule has 3 rings (SSSR count). The van der Waals surface area contributed by atoms with Gasteiger partial charge in [-0.25, -0.2) is 12.8 Å². The average molecular weight is 538 g/mol. The van der Waals surface area contributed by atoms with Crippen LogP contribution >= 0.6 is 11.8 Å². The van der Waals surface area contributed by atoms with Gasteiger partial charge in [0, 0.05) is 35.0 Å². The van der Waals surface area contributed by atoms with Crippen LogP contribution in [0, 0.1) is 11.2 Å². The molecule has 0 unspecified atom stereocenters. The van der Waals surface area contributed by atoms with E-state index in [1.165, 1.54) is 31.0 Å². The molecule has 198 valence electrons. The van der Waals surface area contributed by atoms with Gasteiger partial charge < -0.3 is 14.7 Å². The van der Waals surface area contributed by atoms with Gasteiger partial charge in [-0.2, -0.15) is 0 Å². The molecule has 0 saturated heterocycles. The minimum absolute atomic E-state index is 0.0404. The third kappa shape index (κ3) is 6.73. The zero-order valence-electron chi connectivity index (χ0n) is 21.3. The Morgan fingerprint density at radius 1 is 1.14 bits per heavy atom. The van der Waals surface area contributed by atoms with Gasteiger partial charge in [-0.1, -0.05) is 39.5 Å². The topological polar surface area (TPSA) is 83.9 Å². The van der Waals surface area contributed by atoms with Crippen molar-refractivity contribution in [3.05, 3.63) is 47.8 Å². The van der Waals surface area contributed by atoms with Gasteiger partial charge in [-0.15, -0.1) is 11.8 Å². The Morgan fingerprint density at radius 2 is 1.78 bits per heavy atom. The van der Waals surface area contributed by atoms with Crippen molar-refractivity contribution in [1.82, 2.24) is 0 Å². The first kappa shape index (κ1) is 28.3. The lowest BCUT2D eigenvalue weighted by Crippen LogP contribution is -2.38. The Balaban J connectivity index is 2.20. The zero-order valence-corrected chi connectivity index (χ0v) is 22.9. The number of hydrogen-bond acceptors (Lipinski definition) is 6. The maximum absolute atomic E-state index is 14.0. The molecule has 0 radical (unpaired) electrons. The molecule has 0 fully saturated rings. The molecule has 0 aromatic heterocycles. The van der Waals surface area contributed by atoms with E-state index in [4.69, 9.17) is 9.84 Å². The molecule has 0 atom stereocenters. The molecule has 6 nitrogen and oxygen atoms in total. The molecule has 1 N–H and O–H groups in total. The summed E-state index contributed by atoms with van der Waals surface area (Å²) in [6.45, 7) is 4.72. The van der Waals surface area contributed by atoms with E-state index < -0.39 is 21.2 Å². The highest BCUT2D eigenvalue weighted by atomic mass is 32.2. The first-order chi connectivity index (χ1) is 17.1. The van der Waals surface area contributed by atoms with Crippen LogP contribution in [0.1, 0.15) is 57.9 Å². The van der Waals surface area contributed by atoms with Crippen LogP contribution in [-0.2, 0) is 20.4 Å². The molecule has 0 bridgehead atoms. The third-order valence-corrected chi connectivity index (χ3v) is 9.68. The number of halogens is 1. The summed E-state index contributed by atoms with van der Waals surface area (Å²) in [5.41, 5.74) is 1.42. The first-order valence-corrected chi connectivity index (χ1v) is 15.2. The molecule has 1 aliphatic heterocycles. The van der Waals surface area contributed by atoms with E-state index in [2.05, 4.69) is 13.8 Å². The zero-order chi connectivity index (χ0) is 26.3. The minimum Gasteiger partial charge on any atom is -0.496 e. The number of carboxylic acid groups (broad SMARTS) is 1. The fraction of sp³-hybridized carbons (Fsp3) is 0.519. The van der Waals surface area contributed by atoms with E-state index >= 15 is 0 Å². The summed E-state index contributed by atoms with van der Waals surface area (Å²) in [4.78, 5) is 13.2. The number of aliphatic carboxylic acids is 1. The number of sulfone groups is 1. The van der Waals surface area contributed by atoms with Crippen molar-refractivity contribution in [2.24, 2.45) is 5.41 Å². The summed E-state index contributed by atoms with van der Waals surface area (Å²) >= 11 is 1.19. The standard InChI is InChI=1S/C27H36FNO5S2/c1-4-6-12-27(13-7-5-2)18-29(22-10-8-21(28)9-11-22)23-15-24(34-3)20(16-35-17-26(30)31)14-25(23)36(32,33)19-27/h8-11,14-15H,4-7,12-13,16-19H2,1-3H3,(H,30,31). The van der Waals surface area contributed by atoms with E-state index in [-0.39, 0.29) is 22.2 Å². The highest BCUT2D eigenvalue weighted by Gasteiger charge is 2.42. The molecule has 2 aromatic rings. The SMILES string of the molecule is CCCCC1(CCCC)CN(c2ccc(F)cc2)c2cc(OC)c(CSCC(=O)O)cc2S(=O)(=O)C1. The second-order valence-corrected chi connectivity index (χ2v) is 12.5. The monoisotopic (exact) mass is 537 g/mol. The van der Waals surface area contributed by atoms with Gasteiger partial charge in [0.25, 0.3) is 0 Å². The molecule has 0 aliphatic carbocycles. The van der Waals surface area contributed by atoms with Crippen LogP contribution in [0.15, 0.2) is 41.3 Å². The number of nitrogens with zero attached hydrogens (tertiary/aromatic N) is 1. The van der Waals surface area contributed by atoms with Gasteiger partial charge in [-0.3, -0.25) is 4.79 Å². The number of thioether (sulfide) groups is 1. The summed E-state index contributed by atoms with van der Waals surface area (Å²) in [5.74, 6) is -0.520. The Hall–Kier alpha value is -2.26. The number of unbranched alkanes of at least 4 members (excludes halogenated alkanes) is 2. The van der Waals surface area contributed by atoms with Gasteiger partial charge in [0.05, 0.1) is 29.2 Å². The number of carboxylic acids is 1. The summed E-state index contributed by atoms with van der Waals surface area (Å²) in [7, 11) is -2.16. The van der Waals surface area contributed by atoms with Crippen LogP contribution in [0.25, 0.3) is 0 Å². The lowest BCUT2D eigenvalue weighted by molar-refractivity contribution is -0.133. The fourth-order valence-corrected chi connectivity index (χ4v) is 7.81. The highest BCUT2D eigenvalue weighted by molar-refractivity contribution is 7.99. The number of ether oxygens (including phenoxy) is 1. The first-order valence-electron chi connectivity index (χ1n) is 12.4. The Kier molecular flexibility index (Phi) is 9.69. The Bertz CT molecular complexity index is 1140. The summed E-state index contributed by atoms with van der Waals surface area (Å²) < 4.78 is 47.4. The van der Waals surface area contributed by atoms with Gasteiger partial charge in [0.2, 0.25) is 0 Å². The predicted molar refractivity (Wildman–Crippen MR) is 144 cm³/mol. The van der Waals surface area contributed by atoms with Crippen molar-refractivity contribution in [3.63, 3.8) is 0 Å². The highest BCUT2D eigenvalue weighted by Crippen LogP contribution is 2.47. The van der Waals surface area contributed by atoms with Crippen LogP contribution in [-0.4, -0.2) is 44.7 Å². The van der Waals surface area contributed by atoms with Gasteiger partial charge in [0.1, 0.15) is 11.6 Å². The number of anilines is 2. The van der Waals surface area contributed by atoms with E-state index in [1.807, 2.05) is 4.90 Å². The smallest absolute Gasteiger partial charge is 0.313 e. The number of benzene rings is 2. The van der Waals surface area contributed by atoms with E-state index in [1.54, 1.807) is 24.3 Å². The molecule has 9 heteroatoms. The molecular weight excluding hydrogens is 501 g/mol. The maximum Gasteiger partial charge on any atom is 0.313 e. The predicted octanol–water partition coefficient (Wildman–Crippen LogP) is 6.44. The van der Waals surface area contributed by atoms with Crippen LogP contribution in [0.2, 0.25) is 0 Å². The number of hydrogen-bond donors (Lipinski definition) is 1. The number of methoxy groups -OCH3 is 1. The van der Waals surface area contributed by atoms with Crippen molar-refractivity contribution >= 4 is 38.9 Å².